The highest BCUT2D eigenvalue weighted by molar-refractivity contribution is 5.66. The van der Waals surface area contributed by atoms with Gasteiger partial charge in [0, 0.05) is 5.69 Å². The summed E-state index contributed by atoms with van der Waals surface area (Å²) >= 11 is 0. The van der Waals surface area contributed by atoms with E-state index >= 15 is 0 Å². The largest absolute Gasteiger partial charge is 0.495 e. The molecule has 2 aromatic rings. The molecule has 0 unspecified atom stereocenters. The fourth-order valence-electron chi connectivity index (χ4n) is 1.66. The molecule has 16 heavy (non-hydrogen) atoms. The van der Waals surface area contributed by atoms with Crippen LogP contribution in [0, 0.1) is 13.8 Å². The van der Waals surface area contributed by atoms with Crippen LogP contribution in [-0.4, -0.2) is 16.7 Å². The third kappa shape index (κ3) is 1.52. The lowest BCUT2D eigenvalue weighted by Gasteiger charge is -2.11. The molecule has 0 bridgehead atoms. The lowest BCUT2D eigenvalue weighted by Crippen LogP contribution is -2.02. The summed E-state index contributed by atoms with van der Waals surface area (Å²) in [7, 11) is 1.61. The SMILES string of the molecule is COc1cccc(-n2cnc(C)c2C)c1N. The minimum absolute atomic E-state index is 0.630. The number of nitrogens with zero attached hydrogens (tertiary/aromatic N) is 2. The molecule has 4 nitrogen and oxygen atoms in total. The predicted octanol–water partition coefficient (Wildman–Crippen LogP) is 2.08. The number of aromatic nitrogens is 2. The molecule has 84 valence electrons. The number of ether oxygens (including phenoxy) is 1. The fourth-order valence-corrected chi connectivity index (χ4v) is 1.66. The molecule has 0 aliphatic heterocycles. The van der Waals surface area contributed by atoms with E-state index in [0.29, 0.717) is 11.4 Å². The van der Waals surface area contributed by atoms with Crippen molar-refractivity contribution in [3.63, 3.8) is 0 Å². The van der Waals surface area contributed by atoms with Gasteiger partial charge in [-0.3, -0.25) is 0 Å². The first kappa shape index (κ1) is 10.5. The number of methoxy groups -OCH3 is 1. The smallest absolute Gasteiger partial charge is 0.143 e. The van der Waals surface area contributed by atoms with Gasteiger partial charge in [0.2, 0.25) is 0 Å². The Morgan fingerprint density at radius 2 is 2.06 bits per heavy atom. The van der Waals surface area contributed by atoms with Gasteiger partial charge in [0.25, 0.3) is 0 Å². The van der Waals surface area contributed by atoms with Gasteiger partial charge in [-0.05, 0) is 26.0 Å². The average Bonchev–Trinajstić information content (AvgIpc) is 2.61. The molecule has 4 heteroatoms. The maximum atomic E-state index is 6.03. The second kappa shape index (κ2) is 3.89. The van der Waals surface area contributed by atoms with Crippen LogP contribution >= 0.6 is 0 Å². The Hall–Kier alpha value is -1.97. The first-order valence-corrected chi connectivity index (χ1v) is 5.08. The minimum atomic E-state index is 0.630. The number of hydrogen-bond donors (Lipinski definition) is 1. The molecule has 0 radical (unpaired) electrons. The number of aryl methyl sites for hydroxylation is 1. The maximum Gasteiger partial charge on any atom is 0.143 e. The topological polar surface area (TPSA) is 53.1 Å². The van der Waals surface area contributed by atoms with Crippen LogP contribution in [0.1, 0.15) is 11.4 Å². The van der Waals surface area contributed by atoms with E-state index in [2.05, 4.69) is 4.98 Å². The Kier molecular flexibility index (Phi) is 2.56. The van der Waals surface area contributed by atoms with E-state index in [4.69, 9.17) is 10.5 Å². The minimum Gasteiger partial charge on any atom is -0.495 e. The number of benzene rings is 1. The van der Waals surface area contributed by atoms with Gasteiger partial charge in [-0.15, -0.1) is 0 Å². The summed E-state index contributed by atoms with van der Waals surface area (Å²) in [5.74, 6) is 0.684. The number of nitrogens with two attached hydrogens (primary N) is 1. The number of rotatable bonds is 2. The highest BCUT2D eigenvalue weighted by Crippen LogP contribution is 2.28. The van der Waals surface area contributed by atoms with E-state index in [1.165, 1.54) is 0 Å². The van der Waals surface area contributed by atoms with Crippen LogP contribution in [0.25, 0.3) is 5.69 Å². The Bertz CT molecular complexity index is 517. The fraction of sp³-hybridized carbons (Fsp3) is 0.250. The van der Waals surface area contributed by atoms with E-state index in [1.807, 2.05) is 36.6 Å². The average molecular weight is 217 g/mol. The number of imidazole rings is 1. The molecule has 0 saturated carbocycles. The second-order valence-electron chi connectivity index (χ2n) is 3.68. The van der Waals surface area contributed by atoms with Crippen molar-refractivity contribution in [2.75, 3.05) is 12.8 Å². The lowest BCUT2D eigenvalue weighted by atomic mass is 10.2. The molecule has 1 heterocycles. The molecule has 0 aliphatic rings. The van der Waals surface area contributed by atoms with Crippen LogP contribution in [0.3, 0.4) is 0 Å². The summed E-state index contributed by atoms with van der Waals surface area (Å²) in [5.41, 5.74) is 9.65. The van der Waals surface area contributed by atoms with Gasteiger partial charge in [0.15, 0.2) is 0 Å². The van der Waals surface area contributed by atoms with Crippen LogP contribution in [-0.2, 0) is 0 Å². The predicted molar refractivity (Wildman–Crippen MR) is 64.0 cm³/mol. The van der Waals surface area contributed by atoms with E-state index < -0.39 is 0 Å². The molecule has 0 atom stereocenters. The van der Waals surface area contributed by atoms with Crippen LogP contribution in [0.15, 0.2) is 24.5 Å². The van der Waals surface area contributed by atoms with Crippen molar-refractivity contribution in [2.45, 2.75) is 13.8 Å². The first-order valence-electron chi connectivity index (χ1n) is 5.08. The van der Waals surface area contributed by atoms with Crippen molar-refractivity contribution in [1.29, 1.82) is 0 Å². The molecular formula is C12H15N3O. The summed E-state index contributed by atoms with van der Waals surface area (Å²) in [6.07, 6.45) is 1.77. The molecule has 0 aliphatic carbocycles. The Labute approximate surface area is 94.7 Å². The molecule has 1 aromatic heterocycles. The molecule has 0 fully saturated rings. The van der Waals surface area contributed by atoms with Crippen molar-refractivity contribution in [1.82, 2.24) is 9.55 Å². The number of nitrogen functional groups attached to an aromatic ring is 1. The monoisotopic (exact) mass is 217 g/mol. The molecule has 2 rings (SSSR count). The van der Waals surface area contributed by atoms with Crippen LogP contribution < -0.4 is 10.5 Å². The third-order valence-electron chi connectivity index (χ3n) is 2.77. The number of anilines is 1. The number of hydrogen-bond acceptors (Lipinski definition) is 3. The summed E-state index contributed by atoms with van der Waals surface area (Å²) < 4.78 is 7.16. The summed E-state index contributed by atoms with van der Waals surface area (Å²) in [6.45, 7) is 3.99. The normalized spacial score (nSPS) is 10.4. The Balaban J connectivity index is 2.60. The van der Waals surface area contributed by atoms with E-state index in [-0.39, 0.29) is 0 Å². The summed E-state index contributed by atoms with van der Waals surface area (Å²) in [6, 6.07) is 5.71. The first-order chi connectivity index (χ1) is 7.65. The van der Waals surface area contributed by atoms with Crippen molar-refractivity contribution in [3.8, 4) is 11.4 Å². The van der Waals surface area contributed by atoms with Crippen LogP contribution in [0.5, 0.6) is 5.75 Å². The molecular weight excluding hydrogens is 202 g/mol. The Morgan fingerprint density at radius 3 is 2.62 bits per heavy atom. The highest BCUT2D eigenvalue weighted by Gasteiger charge is 2.10. The molecule has 0 spiro atoms. The third-order valence-corrected chi connectivity index (χ3v) is 2.77. The van der Waals surface area contributed by atoms with Crippen molar-refractivity contribution >= 4 is 5.69 Å². The van der Waals surface area contributed by atoms with Crippen LogP contribution in [0.4, 0.5) is 5.69 Å². The van der Waals surface area contributed by atoms with Crippen LogP contribution in [0.2, 0.25) is 0 Å². The molecule has 2 N–H and O–H groups in total. The van der Waals surface area contributed by atoms with Gasteiger partial charge in [-0.2, -0.15) is 0 Å². The van der Waals surface area contributed by atoms with E-state index in [1.54, 1.807) is 13.4 Å². The van der Waals surface area contributed by atoms with Gasteiger partial charge in [-0.25, -0.2) is 4.98 Å². The summed E-state index contributed by atoms with van der Waals surface area (Å²) in [5, 5.41) is 0. The number of para-hydroxylation sites is 1. The molecule has 0 amide bonds. The standard InChI is InChI=1S/C12H15N3O/c1-8-9(2)15(7-14-8)10-5-4-6-11(16-3)12(10)13/h4-7H,13H2,1-3H3. The zero-order chi connectivity index (χ0) is 11.7. The van der Waals surface area contributed by atoms with Crippen molar-refractivity contribution in [3.05, 3.63) is 35.9 Å². The van der Waals surface area contributed by atoms with E-state index in [9.17, 15) is 0 Å². The highest BCUT2D eigenvalue weighted by atomic mass is 16.5. The maximum absolute atomic E-state index is 6.03. The quantitative estimate of drug-likeness (QED) is 0.783. The zero-order valence-corrected chi connectivity index (χ0v) is 9.69. The Morgan fingerprint density at radius 1 is 1.31 bits per heavy atom. The van der Waals surface area contributed by atoms with Gasteiger partial charge in [-0.1, -0.05) is 6.07 Å². The van der Waals surface area contributed by atoms with Gasteiger partial charge in [0.1, 0.15) is 5.75 Å². The second-order valence-corrected chi connectivity index (χ2v) is 3.68. The van der Waals surface area contributed by atoms with Gasteiger partial charge in [0.05, 0.1) is 30.5 Å². The van der Waals surface area contributed by atoms with Gasteiger partial charge >= 0.3 is 0 Å². The van der Waals surface area contributed by atoms with Crippen molar-refractivity contribution in [2.24, 2.45) is 0 Å². The van der Waals surface area contributed by atoms with E-state index in [0.717, 1.165) is 17.1 Å². The molecule has 0 saturated heterocycles. The molecule has 1 aromatic carbocycles. The lowest BCUT2D eigenvalue weighted by molar-refractivity contribution is 0.417. The van der Waals surface area contributed by atoms with Gasteiger partial charge < -0.3 is 15.0 Å². The summed E-state index contributed by atoms with van der Waals surface area (Å²) in [4.78, 5) is 4.26. The zero-order valence-electron chi connectivity index (χ0n) is 9.69. The van der Waals surface area contributed by atoms with Crippen molar-refractivity contribution < 1.29 is 4.74 Å².